The molecule has 0 unspecified atom stereocenters. The molecule has 114 valence electrons. The zero-order chi connectivity index (χ0) is 15.4. The molecule has 1 fully saturated rings. The summed E-state index contributed by atoms with van der Waals surface area (Å²) in [6.07, 6.45) is -0.295. The van der Waals surface area contributed by atoms with Gasteiger partial charge in [-0.1, -0.05) is 17.2 Å². The first-order valence-electron chi connectivity index (χ1n) is 7.30. The zero-order valence-electron chi connectivity index (χ0n) is 12.9. The molecule has 2 rings (SSSR count). The molecule has 5 heteroatoms. The molecule has 1 aromatic carbocycles. The highest BCUT2D eigenvalue weighted by molar-refractivity contribution is 5.94. The van der Waals surface area contributed by atoms with Gasteiger partial charge in [-0.2, -0.15) is 0 Å². The number of nitrogens with zero attached hydrogens (tertiary/aromatic N) is 2. The molecule has 0 bridgehead atoms. The Hall–Kier alpha value is -2.04. The van der Waals surface area contributed by atoms with E-state index in [1.165, 1.54) is 0 Å². The quantitative estimate of drug-likeness (QED) is 0.839. The van der Waals surface area contributed by atoms with Crippen LogP contribution >= 0.6 is 0 Å². The lowest BCUT2D eigenvalue weighted by molar-refractivity contribution is 0.0570. The van der Waals surface area contributed by atoms with Gasteiger partial charge in [0, 0.05) is 31.7 Å². The number of carbonyl (C=O) groups excluding carboxylic acids is 2. The number of hydrogen-bond acceptors (Lipinski definition) is 3. The Morgan fingerprint density at radius 2 is 1.52 bits per heavy atom. The third-order valence-corrected chi connectivity index (χ3v) is 3.56. The van der Waals surface area contributed by atoms with Gasteiger partial charge in [-0.15, -0.1) is 0 Å². The molecule has 1 aliphatic heterocycles. The highest BCUT2D eigenvalue weighted by Crippen LogP contribution is 2.13. The largest absolute Gasteiger partial charge is 0.450 e. The van der Waals surface area contributed by atoms with Gasteiger partial charge in [0.15, 0.2) is 0 Å². The molecule has 0 N–H and O–H groups in total. The molecule has 0 saturated carbocycles. The molecular weight excluding hydrogens is 268 g/mol. The van der Waals surface area contributed by atoms with Crippen LogP contribution in [0, 0.1) is 13.8 Å². The summed E-state index contributed by atoms with van der Waals surface area (Å²) < 4.78 is 4.98. The van der Waals surface area contributed by atoms with Crippen LogP contribution in [-0.2, 0) is 4.74 Å². The summed E-state index contributed by atoms with van der Waals surface area (Å²) in [6.45, 7) is 8.28. The van der Waals surface area contributed by atoms with Gasteiger partial charge in [0.1, 0.15) is 0 Å². The molecule has 0 spiro atoms. The van der Waals surface area contributed by atoms with Gasteiger partial charge in [-0.3, -0.25) is 4.79 Å². The van der Waals surface area contributed by atoms with Crippen LogP contribution in [0.5, 0.6) is 0 Å². The summed E-state index contributed by atoms with van der Waals surface area (Å²) >= 11 is 0. The van der Waals surface area contributed by atoms with Crippen LogP contribution in [0.1, 0.15) is 28.4 Å². The normalized spacial score (nSPS) is 15.0. The monoisotopic (exact) mass is 290 g/mol. The van der Waals surface area contributed by atoms with E-state index in [0.717, 1.165) is 16.7 Å². The number of ether oxygens (including phenoxy) is 1. The van der Waals surface area contributed by atoms with Crippen molar-refractivity contribution in [3.63, 3.8) is 0 Å². The standard InChI is InChI=1S/C16H22N2O3/c1-4-21-16(20)18-7-5-17(6-8-18)15(19)14-10-12(2)9-13(3)11-14/h9-11H,4-8H2,1-3H3. The number of piperazine rings is 1. The number of hydrogen-bond donors (Lipinski definition) is 0. The molecule has 1 aromatic rings. The first-order chi connectivity index (χ1) is 10.0. The first kappa shape index (κ1) is 15.4. The number of aryl methyl sites for hydroxylation is 2. The van der Waals surface area contributed by atoms with Crippen LogP contribution in [0.25, 0.3) is 0 Å². The summed E-state index contributed by atoms with van der Waals surface area (Å²) in [7, 11) is 0. The van der Waals surface area contributed by atoms with Gasteiger partial charge in [-0.05, 0) is 32.9 Å². The van der Waals surface area contributed by atoms with Crippen LogP contribution in [0.4, 0.5) is 4.79 Å². The number of amides is 2. The molecule has 1 saturated heterocycles. The Balaban J connectivity index is 1.98. The number of benzene rings is 1. The summed E-state index contributed by atoms with van der Waals surface area (Å²) in [5, 5.41) is 0. The number of rotatable bonds is 2. The fourth-order valence-corrected chi connectivity index (χ4v) is 2.59. The lowest BCUT2D eigenvalue weighted by atomic mass is 10.1. The van der Waals surface area contributed by atoms with E-state index in [1.807, 2.05) is 26.0 Å². The molecule has 2 amide bonds. The third-order valence-electron chi connectivity index (χ3n) is 3.56. The summed E-state index contributed by atoms with van der Waals surface area (Å²) in [5.41, 5.74) is 2.89. The molecule has 1 aliphatic rings. The second-order valence-electron chi connectivity index (χ2n) is 5.35. The Kier molecular flexibility index (Phi) is 4.83. The fourth-order valence-electron chi connectivity index (χ4n) is 2.59. The molecule has 0 aromatic heterocycles. The van der Waals surface area contributed by atoms with Crippen molar-refractivity contribution in [1.82, 2.24) is 9.80 Å². The molecular formula is C16H22N2O3. The SMILES string of the molecule is CCOC(=O)N1CCN(C(=O)c2cc(C)cc(C)c2)CC1. The smallest absolute Gasteiger partial charge is 0.409 e. The number of carbonyl (C=O) groups is 2. The van der Waals surface area contributed by atoms with E-state index >= 15 is 0 Å². The Bertz CT molecular complexity index is 514. The van der Waals surface area contributed by atoms with Crippen LogP contribution < -0.4 is 0 Å². The minimum absolute atomic E-state index is 0.0327. The molecule has 0 aliphatic carbocycles. The fraction of sp³-hybridized carbons (Fsp3) is 0.500. The van der Waals surface area contributed by atoms with Gasteiger partial charge >= 0.3 is 6.09 Å². The van der Waals surface area contributed by atoms with Crippen molar-refractivity contribution in [2.45, 2.75) is 20.8 Å². The summed E-state index contributed by atoms with van der Waals surface area (Å²) in [6, 6.07) is 5.87. The molecule has 0 radical (unpaired) electrons. The maximum Gasteiger partial charge on any atom is 0.409 e. The maximum atomic E-state index is 12.5. The summed E-state index contributed by atoms with van der Waals surface area (Å²) in [4.78, 5) is 27.6. The first-order valence-corrected chi connectivity index (χ1v) is 7.30. The van der Waals surface area contributed by atoms with Gasteiger partial charge in [0.2, 0.25) is 0 Å². The minimum atomic E-state index is -0.295. The average molecular weight is 290 g/mol. The van der Waals surface area contributed by atoms with E-state index in [4.69, 9.17) is 4.74 Å². The van der Waals surface area contributed by atoms with Crippen LogP contribution in [0.2, 0.25) is 0 Å². The lowest BCUT2D eigenvalue weighted by Crippen LogP contribution is -2.50. The van der Waals surface area contributed by atoms with Crippen molar-refractivity contribution in [3.05, 3.63) is 34.9 Å². The highest BCUT2D eigenvalue weighted by Gasteiger charge is 2.25. The highest BCUT2D eigenvalue weighted by atomic mass is 16.6. The Morgan fingerprint density at radius 1 is 1.00 bits per heavy atom. The predicted octanol–water partition coefficient (Wildman–Crippen LogP) is 2.22. The molecule has 21 heavy (non-hydrogen) atoms. The van der Waals surface area contributed by atoms with E-state index < -0.39 is 0 Å². The van der Waals surface area contributed by atoms with Gasteiger partial charge < -0.3 is 14.5 Å². The van der Waals surface area contributed by atoms with Crippen molar-refractivity contribution in [1.29, 1.82) is 0 Å². The predicted molar refractivity (Wildman–Crippen MR) is 80.4 cm³/mol. The van der Waals surface area contributed by atoms with Crippen LogP contribution in [-0.4, -0.2) is 54.6 Å². The molecule has 0 atom stereocenters. The van der Waals surface area contributed by atoms with E-state index in [0.29, 0.717) is 32.8 Å². The molecule has 1 heterocycles. The molecule has 5 nitrogen and oxygen atoms in total. The van der Waals surface area contributed by atoms with E-state index in [1.54, 1.807) is 16.7 Å². The van der Waals surface area contributed by atoms with E-state index in [-0.39, 0.29) is 12.0 Å². The third kappa shape index (κ3) is 3.74. The van der Waals surface area contributed by atoms with Gasteiger partial charge in [0.25, 0.3) is 5.91 Å². The van der Waals surface area contributed by atoms with Crippen LogP contribution in [0.15, 0.2) is 18.2 Å². The van der Waals surface area contributed by atoms with Crippen LogP contribution in [0.3, 0.4) is 0 Å². The van der Waals surface area contributed by atoms with E-state index in [2.05, 4.69) is 6.07 Å². The second-order valence-corrected chi connectivity index (χ2v) is 5.35. The maximum absolute atomic E-state index is 12.5. The summed E-state index contributed by atoms with van der Waals surface area (Å²) in [5.74, 6) is 0.0327. The minimum Gasteiger partial charge on any atom is -0.450 e. The van der Waals surface area contributed by atoms with E-state index in [9.17, 15) is 9.59 Å². The van der Waals surface area contributed by atoms with Gasteiger partial charge in [0.05, 0.1) is 6.61 Å². The van der Waals surface area contributed by atoms with Crippen molar-refractivity contribution in [2.75, 3.05) is 32.8 Å². The Labute approximate surface area is 125 Å². The average Bonchev–Trinajstić information content (AvgIpc) is 2.46. The zero-order valence-corrected chi connectivity index (χ0v) is 12.9. The van der Waals surface area contributed by atoms with Crippen molar-refractivity contribution < 1.29 is 14.3 Å². The van der Waals surface area contributed by atoms with Crippen molar-refractivity contribution in [3.8, 4) is 0 Å². The topological polar surface area (TPSA) is 49.9 Å². The van der Waals surface area contributed by atoms with Crippen molar-refractivity contribution >= 4 is 12.0 Å². The lowest BCUT2D eigenvalue weighted by Gasteiger charge is -2.34. The Morgan fingerprint density at radius 3 is 2.05 bits per heavy atom. The van der Waals surface area contributed by atoms with Crippen molar-refractivity contribution in [2.24, 2.45) is 0 Å². The van der Waals surface area contributed by atoms with Gasteiger partial charge in [-0.25, -0.2) is 4.79 Å². The second kappa shape index (κ2) is 6.61.